The average molecular weight is 407 g/mol. The van der Waals surface area contributed by atoms with Crippen LogP contribution < -0.4 is 21.1 Å². The number of carbonyl (C=O) groups excluding carboxylic acids is 1. The minimum absolute atomic E-state index is 0.0923. The highest BCUT2D eigenvalue weighted by atomic mass is 16.3. The smallest absolute Gasteiger partial charge is 0.257 e. The Hall–Kier alpha value is -3.61. The second-order valence-corrected chi connectivity index (χ2v) is 7.35. The number of carbonyl (C=O) groups is 1. The minimum Gasteiger partial charge on any atom is -0.505 e. The van der Waals surface area contributed by atoms with Crippen molar-refractivity contribution < 1.29 is 9.90 Å². The maximum atomic E-state index is 12.4. The van der Waals surface area contributed by atoms with E-state index in [1.807, 2.05) is 37.3 Å². The molecular formula is C23H25N3O4. The molecule has 0 aromatic heterocycles. The molecule has 7 heteroatoms. The van der Waals surface area contributed by atoms with E-state index in [0.29, 0.717) is 0 Å². The lowest BCUT2D eigenvalue weighted by Crippen LogP contribution is -2.42. The summed E-state index contributed by atoms with van der Waals surface area (Å²) in [5.41, 5.74) is 0.480. The van der Waals surface area contributed by atoms with Gasteiger partial charge < -0.3 is 20.2 Å². The van der Waals surface area contributed by atoms with Crippen LogP contribution in [-0.2, 0) is 0 Å². The third-order valence-corrected chi connectivity index (χ3v) is 5.21. The van der Waals surface area contributed by atoms with Crippen molar-refractivity contribution in [1.29, 1.82) is 0 Å². The van der Waals surface area contributed by atoms with Gasteiger partial charge in [0.15, 0.2) is 5.75 Å². The van der Waals surface area contributed by atoms with Crippen LogP contribution in [0.3, 0.4) is 0 Å². The van der Waals surface area contributed by atoms with Gasteiger partial charge in [0.2, 0.25) is 0 Å². The van der Waals surface area contributed by atoms with Gasteiger partial charge in [-0.25, -0.2) is 0 Å². The quantitative estimate of drug-likeness (QED) is 0.462. The molecule has 7 nitrogen and oxygen atoms in total. The molecule has 1 amide bonds. The molecule has 0 aliphatic heterocycles. The Morgan fingerprint density at radius 3 is 2.27 bits per heavy atom. The number of rotatable bonds is 7. The maximum Gasteiger partial charge on any atom is 0.257 e. The first kappa shape index (κ1) is 21.1. The number of amides is 1. The Morgan fingerprint density at radius 1 is 1.00 bits per heavy atom. The fourth-order valence-corrected chi connectivity index (χ4v) is 3.59. The normalized spacial score (nSPS) is 11.9. The third-order valence-electron chi connectivity index (χ3n) is 5.21. The molecule has 0 bridgehead atoms. The first-order chi connectivity index (χ1) is 14.3. The van der Waals surface area contributed by atoms with Crippen LogP contribution >= 0.6 is 0 Å². The molecule has 0 spiro atoms. The molecule has 0 saturated carbocycles. The van der Waals surface area contributed by atoms with E-state index in [9.17, 15) is 19.5 Å². The largest absolute Gasteiger partial charge is 0.505 e. The molecular weight excluding hydrogens is 382 g/mol. The highest BCUT2D eigenvalue weighted by Crippen LogP contribution is 2.35. The summed E-state index contributed by atoms with van der Waals surface area (Å²) in [4.78, 5) is 40.1. The zero-order chi connectivity index (χ0) is 22.0. The zero-order valence-corrected chi connectivity index (χ0v) is 17.5. The van der Waals surface area contributed by atoms with Crippen molar-refractivity contribution in [2.45, 2.75) is 19.4 Å². The summed E-state index contributed by atoms with van der Waals surface area (Å²) in [5, 5.41) is 13.4. The number of nitrogens with zero attached hydrogens (tertiary/aromatic N) is 2. The Morgan fingerprint density at radius 2 is 1.67 bits per heavy atom. The Kier molecular flexibility index (Phi) is 5.91. The molecule has 0 heterocycles. The highest BCUT2D eigenvalue weighted by molar-refractivity contribution is 5.99. The van der Waals surface area contributed by atoms with E-state index in [2.05, 4.69) is 5.32 Å². The second-order valence-electron chi connectivity index (χ2n) is 7.35. The van der Waals surface area contributed by atoms with E-state index < -0.39 is 10.9 Å². The van der Waals surface area contributed by atoms with Gasteiger partial charge in [-0.3, -0.25) is 14.4 Å². The lowest BCUT2D eigenvalue weighted by molar-refractivity contribution is 0.0824. The molecule has 3 aromatic rings. The number of hydrogen-bond donors (Lipinski definition) is 2. The fraction of sp³-hybridized carbons (Fsp3) is 0.261. The summed E-state index contributed by atoms with van der Waals surface area (Å²) in [6.45, 7) is 2.01. The van der Waals surface area contributed by atoms with Crippen LogP contribution in [0.15, 0.2) is 58.1 Å². The Balaban J connectivity index is 1.97. The fourth-order valence-electron chi connectivity index (χ4n) is 3.59. The lowest BCUT2D eigenvalue weighted by atomic mass is 10.0. The van der Waals surface area contributed by atoms with Crippen LogP contribution in [0.2, 0.25) is 0 Å². The van der Waals surface area contributed by atoms with Gasteiger partial charge in [-0.05, 0) is 24.1 Å². The molecule has 0 unspecified atom stereocenters. The Bertz CT molecular complexity index is 1130. The van der Waals surface area contributed by atoms with Gasteiger partial charge in [0, 0.05) is 21.1 Å². The summed E-state index contributed by atoms with van der Waals surface area (Å²) in [5.74, 6) is -0.637. The van der Waals surface area contributed by atoms with Gasteiger partial charge in [0.1, 0.15) is 11.4 Å². The van der Waals surface area contributed by atoms with Gasteiger partial charge in [-0.1, -0.05) is 43.3 Å². The molecule has 0 fully saturated rings. The van der Waals surface area contributed by atoms with Crippen LogP contribution in [0.5, 0.6) is 5.75 Å². The number of para-hydroxylation sites is 1. The number of aromatic hydroxyl groups is 1. The number of phenols is 1. The SMILES string of the molecule is CC[C@H](c1ccccc1)N(C)c1c(Nc2cccc(C(=O)N(C)C)c2O)c(=O)c1=O. The predicted molar refractivity (Wildman–Crippen MR) is 119 cm³/mol. The van der Waals surface area contributed by atoms with E-state index in [1.165, 1.54) is 11.0 Å². The van der Waals surface area contributed by atoms with Crippen molar-refractivity contribution in [3.8, 4) is 5.75 Å². The van der Waals surface area contributed by atoms with Crippen molar-refractivity contribution in [2.24, 2.45) is 0 Å². The molecule has 0 saturated heterocycles. The van der Waals surface area contributed by atoms with E-state index in [1.54, 1.807) is 38.2 Å². The molecule has 3 rings (SSSR count). The van der Waals surface area contributed by atoms with Crippen LogP contribution in [-0.4, -0.2) is 37.1 Å². The van der Waals surface area contributed by atoms with Gasteiger partial charge in [-0.15, -0.1) is 0 Å². The minimum atomic E-state index is -0.650. The molecule has 0 aliphatic carbocycles. The number of hydrogen-bond acceptors (Lipinski definition) is 6. The van der Waals surface area contributed by atoms with E-state index >= 15 is 0 Å². The van der Waals surface area contributed by atoms with E-state index in [4.69, 9.17) is 0 Å². The van der Waals surface area contributed by atoms with E-state index in [-0.39, 0.29) is 40.3 Å². The van der Waals surface area contributed by atoms with Crippen molar-refractivity contribution in [2.75, 3.05) is 31.4 Å². The first-order valence-electron chi connectivity index (χ1n) is 9.69. The lowest BCUT2D eigenvalue weighted by Gasteiger charge is -2.31. The van der Waals surface area contributed by atoms with E-state index in [0.717, 1.165) is 12.0 Å². The summed E-state index contributed by atoms with van der Waals surface area (Å²) in [7, 11) is 4.94. The summed E-state index contributed by atoms with van der Waals surface area (Å²) >= 11 is 0. The van der Waals surface area contributed by atoms with Crippen molar-refractivity contribution in [3.63, 3.8) is 0 Å². The topological polar surface area (TPSA) is 89.9 Å². The number of anilines is 3. The molecule has 0 radical (unpaired) electrons. The summed E-state index contributed by atoms with van der Waals surface area (Å²) in [6, 6.07) is 14.3. The summed E-state index contributed by atoms with van der Waals surface area (Å²) in [6.07, 6.45) is 0.733. The standard InChI is InChI=1S/C23H25N3O4/c1-5-17(14-10-7-6-8-11-14)26(4)19-18(21(28)22(19)29)24-16-13-9-12-15(20(16)27)23(30)25(2)3/h6-13,17,24,27H,5H2,1-4H3/t17-/m1/s1. The molecule has 0 aliphatic rings. The van der Waals surface area contributed by atoms with Crippen LogP contribution in [0.25, 0.3) is 0 Å². The molecule has 1 atom stereocenters. The van der Waals surface area contributed by atoms with Crippen LogP contribution in [0, 0.1) is 0 Å². The van der Waals surface area contributed by atoms with Crippen LogP contribution in [0.1, 0.15) is 35.3 Å². The molecule has 30 heavy (non-hydrogen) atoms. The number of phenolic OH excluding ortho intramolecular Hbond substituents is 1. The molecule has 3 aromatic carbocycles. The van der Waals surface area contributed by atoms with Gasteiger partial charge >= 0.3 is 0 Å². The first-order valence-corrected chi connectivity index (χ1v) is 9.69. The summed E-state index contributed by atoms with van der Waals surface area (Å²) < 4.78 is 0. The van der Waals surface area contributed by atoms with Crippen LogP contribution in [0.4, 0.5) is 17.1 Å². The Labute approximate surface area is 174 Å². The zero-order valence-electron chi connectivity index (χ0n) is 17.5. The van der Waals surface area contributed by atoms with Crippen molar-refractivity contribution >= 4 is 23.0 Å². The number of benzene rings is 2. The molecule has 2 N–H and O–H groups in total. The maximum absolute atomic E-state index is 12.4. The predicted octanol–water partition coefficient (Wildman–Crippen LogP) is 3.02. The highest BCUT2D eigenvalue weighted by Gasteiger charge is 2.29. The van der Waals surface area contributed by atoms with Gasteiger partial charge in [0.25, 0.3) is 16.8 Å². The monoisotopic (exact) mass is 407 g/mol. The third kappa shape index (κ3) is 3.66. The van der Waals surface area contributed by atoms with Gasteiger partial charge in [-0.2, -0.15) is 0 Å². The van der Waals surface area contributed by atoms with Crippen molar-refractivity contribution in [3.05, 3.63) is 80.1 Å². The second kappa shape index (κ2) is 8.41. The average Bonchev–Trinajstić information content (AvgIpc) is 2.74. The number of nitrogens with one attached hydrogen (secondary N) is 1. The van der Waals surface area contributed by atoms with Gasteiger partial charge in [0.05, 0.1) is 17.3 Å². The molecule has 156 valence electrons. The van der Waals surface area contributed by atoms with Crippen molar-refractivity contribution in [1.82, 2.24) is 4.90 Å².